The van der Waals surface area contributed by atoms with Gasteiger partial charge in [-0.05, 0) is 6.42 Å². The highest BCUT2D eigenvalue weighted by molar-refractivity contribution is 6.03. The van der Waals surface area contributed by atoms with Crippen molar-refractivity contribution in [2.24, 2.45) is 0 Å². The SMILES string of the molecule is CCCc1[nH]c(=O)cc(C(=O)OC)c1C(=O)OC. The molecule has 0 aliphatic heterocycles. The predicted molar refractivity (Wildman–Crippen MR) is 63.7 cm³/mol. The van der Waals surface area contributed by atoms with E-state index < -0.39 is 17.5 Å². The number of aromatic amines is 1. The molecule has 0 saturated heterocycles. The number of ether oxygens (including phenoxy) is 2. The standard InChI is InChI=1S/C12H15NO5/c1-4-5-8-10(12(16)18-3)7(11(15)17-2)6-9(14)13-8/h6H,4-5H2,1-3H3,(H,13,14). The highest BCUT2D eigenvalue weighted by Gasteiger charge is 2.23. The summed E-state index contributed by atoms with van der Waals surface area (Å²) in [5.74, 6) is -1.41. The Morgan fingerprint density at radius 1 is 1.22 bits per heavy atom. The van der Waals surface area contributed by atoms with Crippen molar-refractivity contribution in [2.75, 3.05) is 14.2 Å². The Balaban J connectivity index is 3.52. The molecule has 6 nitrogen and oxygen atoms in total. The van der Waals surface area contributed by atoms with Crippen molar-refractivity contribution in [2.45, 2.75) is 19.8 Å². The normalized spacial score (nSPS) is 9.94. The van der Waals surface area contributed by atoms with Crippen LogP contribution in [0.1, 0.15) is 39.8 Å². The van der Waals surface area contributed by atoms with Gasteiger partial charge in [-0.2, -0.15) is 0 Å². The number of pyridine rings is 1. The van der Waals surface area contributed by atoms with Crippen molar-refractivity contribution in [1.29, 1.82) is 0 Å². The van der Waals surface area contributed by atoms with Gasteiger partial charge < -0.3 is 14.5 Å². The average Bonchev–Trinajstić information content (AvgIpc) is 2.36. The van der Waals surface area contributed by atoms with Crippen LogP contribution in [-0.4, -0.2) is 31.1 Å². The fourth-order valence-corrected chi connectivity index (χ4v) is 1.66. The number of aromatic nitrogens is 1. The summed E-state index contributed by atoms with van der Waals surface area (Å²) in [5, 5.41) is 0. The summed E-state index contributed by atoms with van der Waals surface area (Å²) in [6, 6.07) is 1.04. The second-order valence-corrected chi connectivity index (χ2v) is 3.63. The Hall–Kier alpha value is -2.11. The minimum atomic E-state index is -0.737. The summed E-state index contributed by atoms with van der Waals surface area (Å²) >= 11 is 0. The molecule has 18 heavy (non-hydrogen) atoms. The van der Waals surface area contributed by atoms with Gasteiger partial charge in [0.2, 0.25) is 5.56 Å². The maximum absolute atomic E-state index is 11.7. The molecule has 1 aromatic heterocycles. The second kappa shape index (κ2) is 6.00. The summed E-state index contributed by atoms with van der Waals surface area (Å²) < 4.78 is 9.19. The largest absolute Gasteiger partial charge is 0.465 e. The van der Waals surface area contributed by atoms with Gasteiger partial charge in [0.1, 0.15) is 0 Å². The number of carbonyl (C=O) groups is 2. The van der Waals surface area contributed by atoms with E-state index in [2.05, 4.69) is 14.5 Å². The molecule has 0 fully saturated rings. The molecule has 0 unspecified atom stereocenters. The molecule has 0 bridgehead atoms. The zero-order valence-electron chi connectivity index (χ0n) is 10.5. The Morgan fingerprint density at radius 2 is 1.83 bits per heavy atom. The van der Waals surface area contributed by atoms with Crippen molar-refractivity contribution in [1.82, 2.24) is 4.98 Å². The van der Waals surface area contributed by atoms with Crippen molar-refractivity contribution < 1.29 is 19.1 Å². The number of hydrogen-bond acceptors (Lipinski definition) is 5. The lowest BCUT2D eigenvalue weighted by Crippen LogP contribution is -2.21. The molecule has 0 spiro atoms. The summed E-state index contributed by atoms with van der Waals surface area (Å²) in [4.78, 5) is 37.3. The number of rotatable bonds is 4. The van der Waals surface area contributed by atoms with E-state index in [0.717, 1.165) is 6.07 Å². The maximum atomic E-state index is 11.7. The Bertz CT molecular complexity index is 518. The van der Waals surface area contributed by atoms with Gasteiger partial charge in [0.15, 0.2) is 0 Å². The molecule has 1 heterocycles. The molecule has 1 aromatic rings. The summed E-state index contributed by atoms with van der Waals surface area (Å²) in [7, 11) is 2.40. The molecular weight excluding hydrogens is 238 g/mol. The van der Waals surface area contributed by atoms with Gasteiger partial charge in [0, 0.05) is 11.8 Å². The van der Waals surface area contributed by atoms with Crippen molar-refractivity contribution in [3.05, 3.63) is 33.2 Å². The van der Waals surface area contributed by atoms with Gasteiger partial charge in [-0.25, -0.2) is 9.59 Å². The number of esters is 2. The van der Waals surface area contributed by atoms with Crippen molar-refractivity contribution >= 4 is 11.9 Å². The molecule has 1 rings (SSSR count). The Kier molecular flexibility index (Phi) is 4.65. The van der Waals surface area contributed by atoms with E-state index in [1.165, 1.54) is 14.2 Å². The van der Waals surface area contributed by atoms with Gasteiger partial charge in [0.25, 0.3) is 0 Å². The molecule has 0 aliphatic carbocycles. The van der Waals surface area contributed by atoms with E-state index >= 15 is 0 Å². The van der Waals surface area contributed by atoms with Crippen LogP contribution >= 0.6 is 0 Å². The minimum Gasteiger partial charge on any atom is -0.465 e. The van der Waals surface area contributed by atoms with Gasteiger partial charge in [-0.3, -0.25) is 4.79 Å². The zero-order chi connectivity index (χ0) is 13.7. The number of methoxy groups -OCH3 is 2. The number of aryl methyl sites for hydroxylation is 1. The quantitative estimate of drug-likeness (QED) is 0.806. The molecule has 98 valence electrons. The third-order valence-corrected chi connectivity index (χ3v) is 2.42. The third kappa shape index (κ3) is 2.77. The van der Waals surface area contributed by atoms with Gasteiger partial charge in [-0.1, -0.05) is 13.3 Å². The third-order valence-electron chi connectivity index (χ3n) is 2.42. The van der Waals surface area contributed by atoms with Gasteiger partial charge >= 0.3 is 11.9 Å². The zero-order valence-corrected chi connectivity index (χ0v) is 10.5. The van der Waals surface area contributed by atoms with E-state index in [-0.39, 0.29) is 11.1 Å². The number of hydrogen-bond donors (Lipinski definition) is 1. The van der Waals surface area contributed by atoms with Gasteiger partial charge in [0.05, 0.1) is 25.3 Å². The van der Waals surface area contributed by atoms with Crippen molar-refractivity contribution in [3.8, 4) is 0 Å². The Morgan fingerprint density at radius 3 is 2.33 bits per heavy atom. The fraction of sp³-hybridized carbons (Fsp3) is 0.417. The first kappa shape index (κ1) is 14.0. The lowest BCUT2D eigenvalue weighted by atomic mass is 10.0. The number of nitrogens with one attached hydrogen (secondary N) is 1. The monoisotopic (exact) mass is 253 g/mol. The van der Waals surface area contributed by atoms with E-state index in [1.807, 2.05) is 6.92 Å². The van der Waals surface area contributed by atoms with Crippen LogP contribution in [0.5, 0.6) is 0 Å². The van der Waals surface area contributed by atoms with Gasteiger partial charge in [-0.15, -0.1) is 0 Å². The van der Waals surface area contributed by atoms with E-state index in [1.54, 1.807) is 0 Å². The van der Waals surface area contributed by atoms with Crippen LogP contribution in [0.25, 0.3) is 0 Å². The van der Waals surface area contributed by atoms with E-state index in [9.17, 15) is 14.4 Å². The topological polar surface area (TPSA) is 85.5 Å². The molecule has 0 amide bonds. The van der Waals surface area contributed by atoms with Crippen LogP contribution in [0.3, 0.4) is 0 Å². The summed E-state index contributed by atoms with van der Waals surface area (Å²) in [6.07, 6.45) is 1.18. The molecular formula is C12H15NO5. The number of carbonyl (C=O) groups excluding carboxylic acids is 2. The smallest absolute Gasteiger partial charge is 0.340 e. The van der Waals surface area contributed by atoms with Crippen LogP contribution in [0, 0.1) is 0 Å². The highest BCUT2D eigenvalue weighted by atomic mass is 16.5. The molecule has 6 heteroatoms. The molecule has 0 saturated carbocycles. The predicted octanol–water partition coefficient (Wildman–Crippen LogP) is 0.901. The lowest BCUT2D eigenvalue weighted by Gasteiger charge is -2.10. The van der Waals surface area contributed by atoms with E-state index in [0.29, 0.717) is 18.5 Å². The minimum absolute atomic E-state index is 0.0609. The van der Waals surface area contributed by atoms with Crippen molar-refractivity contribution in [3.63, 3.8) is 0 Å². The molecule has 0 aromatic carbocycles. The maximum Gasteiger partial charge on any atom is 0.340 e. The Labute approximate surface area is 104 Å². The van der Waals surface area contributed by atoms with E-state index in [4.69, 9.17) is 0 Å². The van der Waals surface area contributed by atoms with Crippen LogP contribution in [0.4, 0.5) is 0 Å². The molecule has 0 aliphatic rings. The van der Waals surface area contributed by atoms with Crippen LogP contribution in [-0.2, 0) is 15.9 Å². The molecule has 0 atom stereocenters. The summed E-state index contributed by atoms with van der Waals surface area (Å²) in [6.45, 7) is 1.89. The first-order chi connectivity index (χ1) is 8.54. The first-order valence-electron chi connectivity index (χ1n) is 5.48. The molecule has 0 radical (unpaired) electrons. The van der Waals surface area contributed by atoms with Crippen LogP contribution in [0.15, 0.2) is 10.9 Å². The summed E-state index contributed by atoms with van der Waals surface area (Å²) in [5.41, 5.74) is -0.0777. The first-order valence-corrected chi connectivity index (χ1v) is 5.48. The second-order valence-electron chi connectivity index (χ2n) is 3.63. The molecule has 1 N–H and O–H groups in total. The fourth-order valence-electron chi connectivity index (χ4n) is 1.66. The average molecular weight is 253 g/mol. The van der Waals surface area contributed by atoms with Crippen LogP contribution < -0.4 is 5.56 Å². The number of H-pyrrole nitrogens is 1. The lowest BCUT2D eigenvalue weighted by molar-refractivity contribution is 0.0553. The van der Waals surface area contributed by atoms with Crippen LogP contribution in [0.2, 0.25) is 0 Å². The highest BCUT2D eigenvalue weighted by Crippen LogP contribution is 2.15.